The minimum Gasteiger partial charge on any atom is -0.497 e. The Labute approximate surface area is 171 Å². The predicted octanol–water partition coefficient (Wildman–Crippen LogP) is 2.84. The van der Waals surface area contributed by atoms with Crippen molar-refractivity contribution in [1.82, 2.24) is 25.1 Å². The van der Waals surface area contributed by atoms with E-state index >= 15 is 0 Å². The number of anilines is 1. The Kier molecular flexibility index (Phi) is 5.80. The maximum Gasteiger partial charge on any atom is 0.169 e. The monoisotopic (exact) mass is 396 g/mol. The molecule has 29 heavy (non-hydrogen) atoms. The van der Waals surface area contributed by atoms with Crippen LogP contribution in [0.2, 0.25) is 0 Å². The van der Waals surface area contributed by atoms with Crippen molar-refractivity contribution >= 4 is 5.69 Å². The highest BCUT2D eigenvalue weighted by molar-refractivity contribution is 5.49. The molecule has 1 atom stereocenters. The predicted molar refractivity (Wildman–Crippen MR) is 110 cm³/mol. The Morgan fingerprint density at radius 2 is 1.83 bits per heavy atom. The van der Waals surface area contributed by atoms with Crippen LogP contribution in [0.3, 0.4) is 0 Å². The van der Waals surface area contributed by atoms with E-state index in [1.54, 1.807) is 13.4 Å². The lowest BCUT2D eigenvalue weighted by Crippen LogP contribution is -2.49. The van der Waals surface area contributed by atoms with Gasteiger partial charge in [-0.15, -0.1) is 5.10 Å². The van der Waals surface area contributed by atoms with Crippen molar-refractivity contribution in [1.29, 1.82) is 0 Å². The molecule has 8 nitrogen and oxygen atoms in total. The molecule has 1 aliphatic rings. The van der Waals surface area contributed by atoms with Crippen LogP contribution in [0.4, 0.5) is 5.69 Å². The first kappa shape index (κ1) is 19.4. The van der Waals surface area contributed by atoms with Gasteiger partial charge < -0.3 is 14.1 Å². The fourth-order valence-electron chi connectivity index (χ4n) is 4.02. The lowest BCUT2D eigenvalue weighted by Gasteiger charge is -2.41. The minimum atomic E-state index is 0.165. The maximum atomic E-state index is 5.48. The van der Waals surface area contributed by atoms with E-state index in [2.05, 4.69) is 51.3 Å². The zero-order valence-corrected chi connectivity index (χ0v) is 17.2. The van der Waals surface area contributed by atoms with Crippen molar-refractivity contribution < 1.29 is 9.15 Å². The molecular formula is C21H28N6O2. The molecule has 0 spiro atoms. The molecule has 8 heteroatoms. The van der Waals surface area contributed by atoms with Gasteiger partial charge in [0.15, 0.2) is 5.82 Å². The van der Waals surface area contributed by atoms with Gasteiger partial charge in [-0.2, -0.15) is 0 Å². The Bertz CT molecular complexity index is 882. The molecule has 2 aromatic heterocycles. The van der Waals surface area contributed by atoms with Crippen molar-refractivity contribution in [3.63, 3.8) is 0 Å². The number of hydrogen-bond acceptors (Lipinski definition) is 7. The number of ether oxygens (including phenoxy) is 1. The smallest absolute Gasteiger partial charge is 0.169 e. The summed E-state index contributed by atoms with van der Waals surface area (Å²) in [5.74, 6) is 3.03. The van der Waals surface area contributed by atoms with E-state index in [-0.39, 0.29) is 6.04 Å². The topological polar surface area (TPSA) is 72.5 Å². The van der Waals surface area contributed by atoms with E-state index in [9.17, 15) is 0 Å². The second kappa shape index (κ2) is 8.65. The van der Waals surface area contributed by atoms with E-state index in [1.165, 1.54) is 5.69 Å². The Morgan fingerprint density at radius 1 is 1.07 bits per heavy atom. The summed E-state index contributed by atoms with van der Waals surface area (Å²) < 4.78 is 12.6. The van der Waals surface area contributed by atoms with Gasteiger partial charge in [-0.05, 0) is 52.7 Å². The molecule has 1 saturated heterocycles. The second-order valence-corrected chi connectivity index (χ2v) is 7.68. The quantitative estimate of drug-likeness (QED) is 0.608. The summed E-state index contributed by atoms with van der Waals surface area (Å²) in [5.41, 5.74) is 1.23. The van der Waals surface area contributed by atoms with Crippen LogP contribution in [0, 0.1) is 5.92 Å². The van der Waals surface area contributed by atoms with Gasteiger partial charge in [0.1, 0.15) is 18.1 Å². The number of methoxy groups -OCH3 is 1. The summed E-state index contributed by atoms with van der Waals surface area (Å²) in [6, 6.07) is 12.3. The van der Waals surface area contributed by atoms with Gasteiger partial charge in [0.05, 0.1) is 19.4 Å². The third-order valence-electron chi connectivity index (χ3n) is 5.49. The van der Waals surface area contributed by atoms with E-state index in [0.29, 0.717) is 12.5 Å². The molecule has 0 N–H and O–H groups in total. The van der Waals surface area contributed by atoms with Gasteiger partial charge >= 0.3 is 0 Å². The van der Waals surface area contributed by atoms with E-state index in [4.69, 9.17) is 9.15 Å². The van der Waals surface area contributed by atoms with Gasteiger partial charge in [-0.25, -0.2) is 4.68 Å². The van der Waals surface area contributed by atoms with Crippen molar-refractivity contribution in [2.24, 2.45) is 5.92 Å². The number of rotatable bonds is 7. The summed E-state index contributed by atoms with van der Waals surface area (Å²) in [6.07, 6.45) is 1.68. The summed E-state index contributed by atoms with van der Waals surface area (Å²) in [6.45, 7) is 8.86. The summed E-state index contributed by atoms with van der Waals surface area (Å²) in [4.78, 5) is 4.91. The summed E-state index contributed by atoms with van der Waals surface area (Å²) in [5, 5.41) is 12.5. The van der Waals surface area contributed by atoms with Crippen molar-refractivity contribution in [3.05, 3.63) is 54.2 Å². The van der Waals surface area contributed by atoms with Gasteiger partial charge in [-0.3, -0.25) is 4.90 Å². The molecule has 0 aliphatic carbocycles. The van der Waals surface area contributed by atoms with Gasteiger partial charge in [-0.1, -0.05) is 13.8 Å². The third-order valence-corrected chi connectivity index (χ3v) is 5.49. The van der Waals surface area contributed by atoms with Crippen LogP contribution in [-0.2, 0) is 6.54 Å². The number of hydrogen-bond donors (Lipinski definition) is 0. The van der Waals surface area contributed by atoms with Gasteiger partial charge in [0, 0.05) is 31.9 Å². The van der Waals surface area contributed by atoms with Crippen LogP contribution in [0.25, 0.3) is 0 Å². The maximum absolute atomic E-state index is 5.48. The molecule has 3 heterocycles. The molecule has 0 radical (unpaired) electrons. The molecule has 1 unspecified atom stereocenters. The number of tetrazole rings is 1. The zero-order chi connectivity index (χ0) is 20.2. The molecular weight excluding hydrogens is 368 g/mol. The molecule has 1 aliphatic heterocycles. The fraction of sp³-hybridized carbons (Fsp3) is 0.476. The number of aromatic nitrogens is 4. The van der Waals surface area contributed by atoms with Crippen LogP contribution < -0.4 is 9.64 Å². The number of furan rings is 1. The van der Waals surface area contributed by atoms with Crippen molar-refractivity contribution in [2.45, 2.75) is 26.4 Å². The number of nitrogens with zero attached hydrogens (tertiary/aromatic N) is 6. The van der Waals surface area contributed by atoms with Crippen molar-refractivity contribution in [2.75, 3.05) is 38.2 Å². The Morgan fingerprint density at radius 3 is 2.45 bits per heavy atom. The first-order valence-electron chi connectivity index (χ1n) is 10.1. The van der Waals surface area contributed by atoms with Gasteiger partial charge in [0.2, 0.25) is 0 Å². The molecule has 0 amide bonds. The van der Waals surface area contributed by atoms with Crippen molar-refractivity contribution in [3.8, 4) is 5.75 Å². The highest BCUT2D eigenvalue weighted by Crippen LogP contribution is 2.29. The first-order chi connectivity index (χ1) is 14.2. The zero-order valence-electron chi connectivity index (χ0n) is 17.2. The number of benzene rings is 1. The first-order valence-corrected chi connectivity index (χ1v) is 10.1. The third kappa shape index (κ3) is 4.27. The fourth-order valence-corrected chi connectivity index (χ4v) is 4.02. The molecule has 0 saturated carbocycles. The standard InChI is InChI=1S/C21H28N6O2/c1-16(2)20(21-22-23-24-27(21)15-19-5-4-14-29-19)26-12-10-25(11-13-26)17-6-8-18(28-3)9-7-17/h4-9,14,16,20H,10-13,15H2,1-3H3. The summed E-state index contributed by atoms with van der Waals surface area (Å²) >= 11 is 0. The lowest BCUT2D eigenvalue weighted by atomic mass is 10.0. The second-order valence-electron chi connectivity index (χ2n) is 7.68. The molecule has 3 aromatic rings. The largest absolute Gasteiger partial charge is 0.497 e. The molecule has 0 bridgehead atoms. The minimum absolute atomic E-state index is 0.165. The van der Waals surface area contributed by atoms with Crippen LogP contribution in [0.15, 0.2) is 47.1 Å². The van der Waals surface area contributed by atoms with E-state index < -0.39 is 0 Å². The lowest BCUT2D eigenvalue weighted by molar-refractivity contribution is 0.135. The van der Waals surface area contributed by atoms with Crippen LogP contribution in [-0.4, -0.2) is 58.4 Å². The molecule has 1 fully saturated rings. The average molecular weight is 396 g/mol. The van der Waals surface area contributed by atoms with Crippen LogP contribution in [0.5, 0.6) is 5.75 Å². The Hall–Kier alpha value is -2.87. The summed E-state index contributed by atoms with van der Waals surface area (Å²) in [7, 11) is 1.69. The van der Waals surface area contributed by atoms with Crippen LogP contribution in [0.1, 0.15) is 31.5 Å². The van der Waals surface area contributed by atoms with E-state index in [0.717, 1.165) is 43.5 Å². The molecule has 4 rings (SSSR count). The average Bonchev–Trinajstić information content (AvgIpc) is 3.42. The normalized spacial score (nSPS) is 16.3. The molecule has 154 valence electrons. The highest BCUT2D eigenvalue weighted by atomic mass is 16.5. The molecule has 1 aromatic carbocycles. The van der Waals surface area contributed by atoms with E-state index in [1.807, 2.05) is 28.9 Å². The number of piperazine rings is 1. The SMILES string of the molecule is COc1ccc(N2CCN(C(c3nnnn3Cc3ccco3)C(C)C)CC2)cc1. The Balaban J connectivity index is 1.46. The van der Waals surface area contributed by atoms with Crippen LogP contribution >= 0.6 is 0 Å². The highest BCUT2D eigenvalue weighted by Gasteiger charge is 2.31. The van der Waals surface area contributed by atoms with Gasteiger partial charge in [0.25, 0.3) is 0 Å².